The first kappa shape index (κ1) is 14.9. The summed E-state index contributed by atoms with van der Waals surface area (Å²) in [7, 11) is 0. The molecule has 4 heteroatoms. The van der Waals surface area contributed by atoms with Gasteiger partial charge in [-0.1, -0.05) is 32.3 Å². The number of anilines is 1. The molecule has 3 nitrogen and oxygen atoms in total. The van der Waals surface area contributed by atoms with Crippen LogP contribution in [0.3, 0.4) is 0 Å². The van der Waals surface area contributed by atoms with E-state index < -0.39 is 5.97 Å². The minimum atomic E-state index is -0.865. The molecule has 0 heterocycles. The largest absolute Gasteiger partial charge is 0.478 e. The minimum Gasteiger partial charge on any atom is -0.478 e. The molecule has 1 aromatic carbocycles. The predicted octanol–water partition coefficient (Wildman–Crippen LogP) is 4.10. The van der Waals surface area contributed by atoms with E-state index in [4.69, 9.17) is 0 Å². The highest BCUT2D eigenvalue weighted by Gasteiger charge is 2.14. The fraction of sp³-hybridized carbons (Fsp3) is 0.500. The van der Waals surface area contributed by atoms with Crippen LogP contribution in [0.1, 0.15) is 43.0 Å². The Kier molecular flexibility index (Phi) is 6.65. The van der Waals surface area contributed by atoms with E-state index in [1.165, 1.54) is 31.0 Å². The molecule has 0 bridgehead atoms. The summed E-state index contributed by atoms with van der Waals surface area (Å²) in [5, 5.41) is 12.5. The van der Waals surface area contributed by atoms with Gasteiger partial charge in [-0.15, -0.1) is 11.8 Å². The van der Waals surface area contributed by atoms with Crippen LogP contribution in [0.25, 0.3) is 0 Å². The molecule has 0 saturated carbocycles. The van der Waals surface area contributed by atoms with Crippen molar-refractivity contribution in [2.24, 2.45) is 0 Å². The van der Waals surface area contributed by atoms with Crippen LogP contribution in [0.2, 0.25) is 0 Å². The van der Waals surface area contributed by atoms with Crippen molar-refractivity contribution in [1.82, 2.24) is 0 Å². The molecule has 0 aliphatic rings. The minimum absolute atomic E-state index is 0.389. The molecule has 0 aliphatic heterocycles. The van der Waals surface area contributed by atoms with Crippen LogP contribution in [-0.2, 0) is 0 Å². The van der Waals surface area contributed by atoms with E-state index in [0.29, 0.717) is 5.56 Å². The average molecular weight is 267 g/mol. The van der Waals surface area contributed by atoms with Crippen LogP contribution in [-0.4, -0.2) is 23.9 Å². The number of rotatable bonds is 8. The van der Waals surface area contributed by atoms with Crippen molar-refractivity contribution in [3.05, 3.63) is 23.8 Å². The van der Waals surface area contributed by atoms with Crippen LogP contribution in [0, 0.1) is 0 Å². The summed E-state index contributed by atoms with van der Waals surface area (Å²) in [4.78, 5) is 12.1. The molecule has 2 N–H and O–H groups in total. The van der Waals surface area contributed by atoms with Crippen molar-refractivity contribution in [2.45, 2.75) is 37.5 Å². The van der Waals surface area contributed by atoms with Gasteiger partial charge in [-0.05, 0) is 24.8 Å². The lowest BCUT2D eigenvalue weighted by Gasteiger charge is -2.12. The quantitative estimate of drug-likeness (QED) is 0.550. The first-order valence-electron chi connectivity index (χ1n) is 6.34. The second-order valence-corrected chi connectivity index (χ2v) is 5.02. The Morgan fingerprint density at radius 1 is 1.33 bits per heavy atom. The smallest absolute Gasteiger partial charge is 0.338 e. The maximum absolute atomic E-state index is 11.3. The van der Waals surface area contributed by atoms with Crippen molar-refractivity contribution in [3.8, 4) is 0 Å². The summed E-state index contributed by atoms with van der Waals surface area (Å²) >= 11 is 1.46. The molecular formula is C14H21NO2S. The standard InChI is InChI=1S/C14H21NO2S/c1-3-4-5-6-10-15-11-8-7-9-12(18-2)13(11)14(16)17/h7-9,15H,3-6,10H2,1-2H3,(H,16,17). The van der Waals surface area contributed by atoms with Crippen LogP contribution in [0.5, 0.6) is 0 Å². The molecule has 1 aromatic rings. The zero-order valence-corrected chi connectivity index (χ0v) is 11.8. The molecule has 0 spiro atoms. The van der Waals surface area contributed by atoms with Gasteiger partial charge in [-0.3, -0.25) is 0 Å². The Balaban J connectivity index is 2.67. The molecule has 1 rings (SSSR count). The summed E-state index contributed by atoms with van der Waals surface area (Å²) in [6.07, 6.45) is 6.61. The third-order valence-corrected chi connectivity index (χ3v) is 3.59. The highest BCUT2D eigenvalue weighted by Crippen LogP contribution is 2.27. The number of aromatic carboxylic acids is 1. The third-order valence-electron chi connectivity index (χ3n) is 2.81. The van der Waals surface area contributed by atoms with Crippen LogP contribution in [0.15, 0.2) is 23.1 Å². The molecule has 0 radical (unpaired) electrons. The van der Waals surface area contributed by atoms with E-state index in [2.05, 4.69) is 12.2 Å². The topological polar surface area (TPSA) is 49.3 Å². The highest BCUT2D eigenvalue weighted by molar-refractivity contribution is 7.98. The number of carboxylic acid groups (broad SMARTS) is 1. The van der Waals surface area contributed by atoms with Gasteiger partial charge in [-0.25, -0.2) is 4.79 Å². The molecule has 0 amide bonds. The zero-order valence-electron chi connectivity index (χ0n) is 11.0. The number of carbonyl (C=O) groups is 1. The van der Waals surface area contributed by atoms with Crippen molar-refractivity contribution < 1.29 is 9.90 Å². The van der Waals surface area contributed by atoms with Gasteiger partial charge in [0, 0.05) is 17.1 Å². The summed E-state index contributed by atoms with van der Waals surface area (Å²) in [5.74, 6) is -0.865. The molecule has 0 aromatic heterocycles. The van der Waals surface area contributed by atoms with Gasteiger partial charge >= 0.3 is 5.97 Å². The maximum atomic E-state index is 11.3. The summed E-state index contributed by atoms with van der Waals surface area (Å²) in [6.45, 7) is 3.01. The number of carboxylic acids is 1. The van der Waals surface area contributed by atoms with E-state index in [9.17, 15) is 9.90 Å². The molecule has 0 saturated heterocycles. The van der Waals surface area contributed by atoms with Crippen LogP contribution < -0.4 is 5.32 Å². The van der Waals surface area contributed by atoms with E-state index in [-0.39, 0.29) is 0 Å². The second kappa shape index (κ2) is 8.03. The van der Waals surface area contributed by atoms with Crippen molar-refractivity contribution in [1.29, 1.82) is 0 Å². The number of hydrogen-bond acceptors (Lipinski definition) is 3. The molecule has 0 unspecified atom stereocenters. The lowest BCUT2D eigenvalue weighted by Crippen LogP contribution is -2.08. The Bertz CT molecular complexity index is 393. The first-order chi connectivity index (χ1) is 8.70. The highest BCUT2D eigenvalue weighted by atomic mass is 32.2. The lowest BCUT2D eigenvalue weighted by molar-refractivity contribution is 0.0694. The predicted molar refractivity (Wildman–Crippen MR) is 77.8 cm³/mol. The van der Waals surface area contributed by atoms with Gasteiger partial charge in [0.1, 0.15) is 0 Å². The van der Waals surface area contributed by atoms with Crippen molar-refractivity contribution >= 4 is 23.4 Å². The van der Waals surface area contributed by atoms with Gasteiger partial charge in [0.2, 0.25) is 0 Å². The van der Waals surface area contributed by atoms with E-state index in [1.54, 1.807) is 0 Å². The Hall–Kier alpha value is -1.16. The number of unbranched alkanes of at least 4 members (excludes halogenated alkanes) is 3. The van der Waals surface area contributed by atoms with Crippen LogP contribution in [0.4, 0.5) is 5.69 Å². The van der Waals surface area contributed by atoms with Gasteiger partial charge in [0.05, 0.1) is 5.56 Å². The number of thioether (sulfide) groups is 1. The number of nitrogens with one attached hydrogen (secondary N) is 1. The summed E-state index contributed by atoms with van der Waals surface area (Å²) in [5.41, 5.74) is 1.12. The normalized spacial score (nSPS) is 10.3. The fourth-order valence-electron chi connectivity index (χ4n) is 1.84. The van der Waals surface area contributed by atoms with E-state index in [0.717, 1.165) is 23.5 Å². The number of hydrogen-bond donors (Lipinski definition) is 2. The monoisotopic (exact) mass is 267 g/mol. The molecule has 0 fully saturated rings. The summed E-state index contributed by atoms with van der Waals surface area (Å²) in [6, 6.07) is 5.58. The van der Waals surface area contributed by atoms with Gasteiger partial charge in [0.15, 0.2) is 0 Å². The van der Waals surface area contributed by atoms with E-state index >= 15 is 0 Å². The van der Waals surface area contributed by atoms with Gasteiger partial charge < -0.3 is 10.4 Å². The summed E-state index contributed by atoms with van der Waals surface area (Å²) < 4.78 is 0. The molecule has 100 valence electrons. The second-order valence-electron chi connectivity index (χ2n) is 4.18. The Morgan fingerprint density at radius 2 is 2.11 bits per heavy atom. The third kappa shape index (κ3) is 4.26. The van der Waals surface area contributed by atoms with Crippen molar-refractivity contribution in [2.75, 3.05) is 18.1 Å². The molecular weight excluding hydrogens is 246 g/mol. The van der Waals surface area contributed by atoms with Gasteiger partial charge in [-0.2, -0.15) is 0 Å². The SMILES string of the molecule is CCCCCCNc1cccc(SC)c1C(=O)O. The van der Waals surface area contributed by atoms with Crippen molar-refractivity contribution in [3.63, 3.8) is 0 Å². The van der Waals surface area contributed by atoms with E-state index in [1.807, 2.05) is 24.5 Å². The fourth-order valence-corrected chi connectivity index (χ4v) is 2.46. The molecule has 0 atom stereocenters. The molecule has 0 aliphatic carbocycles. The lowest BCUT2D eigenvalue weighted by atomic mass is 10.1. The first-order valence-corrected chi connectivity index (χ1v) is 7.57. The Labute approximate surface area is 113 Å². The molecule has 18 heavy (non-hydrogen) atoms. The zero-order chi connectivity index (χ0) is 13.4. The average Bonchev–Trinajstić information content (AvgIpc) is 2.37. The van der Waals surface area contributed by atoms with Crippen LogP contribution >= 0.6 is 11.8 Å². The van der Waals surface area contributed by atoms with Gasteiger partial charge in [0.25, 0.3) is 0 Å². The maximum Gasteiger partial charge on any atom is 0.338 e. The Morgan fingerprint density at radius 3 is 2.72 bits per heavy atom. The number of benzene rings is 1.